The van der Waals surface area contributed by atoms with Crippen LogP contribution in [0.5, 0.6) is 0 Å². The number of nitrogens with one attached hydrogen (secondary N) is 1. The van der Waals surface area contributed by atoms with E-state index in [1.54, 1.807) is 11.8 Å². The van der Waals surface area contributed by atoms with E-state index in [4.69, 9.17) is 0 Å². The van der Waals surface area contributed by atoms with E-state index in [1.165, 1.54) is 0 Å². The van der Waals surface area contributed by atoms with Crippen molar-refractivity contribution in [3.05, 3.63) is 11.4 Å². The highest BCUT2D eigenvalue weighted by Crippen LogP contribution is 2.39. The number of aromatic nitrogens is 2. The Hall–Kier alpha value is -1.63. The molecular weight excluding hydrogens is 272 g/mol. The maximum Gasteiger partial charge on any atom is 0.317 e. The van der Waals surface area contributed by atoms with Crippen molar-refractivity contribution in [3.63, 3.8) is 0 Å². The number of likely N-dealkylation sites (tertiary alicyclic amines) is 1. The summed E-state index contributed by atoms with van der Waals surface area (Å²) in [5.41, 5.74) is 0.784. The molecule has 1 saturated heterocycles. The highest BCUT2D eigenvalue weighted by atomic mass is 16.6. The second-order valence-electron chi connectivity index (χ2n) is 6.20. The van der Waals surface area contributed by atoms with Gasteiger partial charge in [0.05, 0.1) is 12.1 Å². The van der Waals surface area contributed by atoms with Crippen LogP contribution < -0.4 is 5.32 Å². The zero-order valence-electron chi connectivity index (χ0n) is 12.3. The minimum absolute atomic E-state index is 0.106. The fourth-order valence-corrected chi connectivity index (χ4v) is 3.44. The van der Waals surface area contributed by atoms with Gasteiger partial charge in [0.2, 0.25) is 0 Å². The lowest BCUT2D eigenvalue weighted by Gasteiger charge is -2.47. The number of aryl methyl sites for hydroxylation is 1. The highest BCUT2D eigenvalue weighted by molar-refractivity contribution is 5.74. The van der Waals surface area contributed by atoms with Crippen LogP contribution in [0.25, 0.3) is 0 Å². The van der Waals surface area contributed by atoms with Crippen molar-refractivity contribution >= 4 is 6.03 Å². The number of hydrogen-bond donors (Lipinski definition) is 2. The quantitative estimate of drug-likeness (QED) is 0.855. The Labute approximate surface area is 123 Å². The molecule has 7 heteroatoms. The number of urea groups is 1. The van der Waals surface area contributed by atoms with E-state index in [0.29, 0.717) is 37.4 Å². The maximum absolute atomic E-state index is 12.2. The van der Waals surface area contributed by atoms with Crippen LogP contribution in [-0.2, 0) is 6.54 Å². The summed E-state index contributed by atoms with van der Waals surface area (Å²) < 4.78 is 4.61. The molecule has 0 aromatic carbocycles. The number of nitrogens with zero attached hydrogens (tertiary/aromatic N) is 3. The van der Waals surface area contributed by atoms with Gasteiger partial charge in [0.1, 0.15) is 11.4 Å². The molecule has 2 unspecified atom stereocenters. The first-order valence-electron chi connectivity index (χ1n) is 7.62. The topological polar surface area (TPSA) is 91.5 Å². The van der Waals surface area contributed by atoms with E-state index in [-0.39, 0.29) is 11.9 Å². The molecule has 2 fully saturated rings. The van der Waals surface area contributed by atoms with E-state index in [9.17, 15) is 9.90 Å². The molecule has 1 aliphatic heterocycles. The molecule has 3 rings (SSSR count). The summed E-state index contributed by atoms with van der Waals surface area (Å²) in [6, 6.07) is -0.106. The van der Waals surface area contributed by atoms with Crippen LogP contribution in [0.4, 0.5) is 4.79 Å². The molecule has 116 valence electrons. The van der Waals surface area contributed by atoms with E-state index in [2.05, 4.69) is 20.3 Å². The van der Waals surface area contributed by atoms with Crippen LogP contribution in [0.1, 0.15) is 43.5 Å². The van der Waals surface area contributed by atoms with Crippen molar-refractivity contribution in [2.24, 2.45) is 5.92 Å². The predicted molar refractivity (Wildman–Crippen MR) is 74.4 cm³/mol. The number of piperidine rings is 1. The molecule has 0 radical (unpaired) electrons. The predicted octanol–water partition coefficient (Wildman–Crippen LogP) is 1.21. The molecule has 7 nitrogen and oxygen atoms in total. The van der Waals surface area contributed by atoms with Gasteiger partial charge in [-0.2, -0.15) is 0 Å². The second kappa shape index (κ2) is 5.63. The molecule has 2 N–H and O–H groups in total. The number of amides is 2. The van der Waals surface area contributed by atoms with Crippen LogP contribution in [0, 0.1) is 12.8 Å². The zero-order valence-corrected chi connectivity index (χ0v) is 12.3. The average Bonchev–Trinajstić information content (AvgIpc) is 2.89. The minimum atomic E-state index is -0.554. The first kappa shape index (κ1) is 14.3. The molecule has 1 aliphatic carbocycles. The van der Waals surface area contributed by atoms with E-state index >= 15 is 0 Å². The van der Waals surface area contributed by atoms with Gasteiger partial charge in [-0.15, -0.1) is 0 Å². The number of carbonyl (C=O) groups is 1. The SMILES string of the molecule is Cc1nonc1CNC(=O)N1CCC2(O)CCCCC2C1. The van der Waals surface area contributed by atoms with Crippen molar-refractivity contribution in [2.75, 3.05) is 13.1 Å². The van der Waals surface area contributed by atoms with Gasteiger partial charge in [-0.3, -0.25) is 0 Å². The molecule has 1 aromatic rings. The van der Waals surface area contributed by atoms with E-state index in [1.807, 2.05) is 0 Å². The fourth-order valence-electron chi connectivity index (χ4n) is 3.44. The van der Waals surface area contributed by atoms with Crippen LogP contribution in [0.2, 0.25) is 0 Å². The fraction of sp³-hybridized carbons (Fsp3) is 0.786. The molecule has 0 bridgehead atoms. The molecule has 21 heavy (non-hydrogen) atoms. The van der Waals surface area contributed by atoms with Gasteiger partial charge in [-0.25, -0.2) is 9.42 Å². The molecule has 1 saturated carbocycles. The summed E-state index contributed by atoms with van der Waals surface area (Å²) in [6.07, 6.45) is 4.79. The summed E-state index contributed by atoms with van der Waals surface area (Å²) in [6.45, 7) is 3.36. The van der Waals surface area contributed by atoms with Crippen molar-refractivity contribution in [2.45, 2.75) is 51.2 Å². The van der Waals surface area contributed by atoms with Crippen LogP contribution >= 0.6 is 0 Å². The van der Waals surface area contributed by atoms with E-state index in [0.717, 1.165) is 25.7 Å². The van der Waals surface area contributed by atoms with Gasteiger partial charge in [-0.05, 0) is 26.2 Å². The lowest BCUT2D eigenvalue weighted by molar-refractivity contribution is -0.0870. The molecule has 0 spiro atoms. The van der Waals surface area contributed by atoms with Crippen molar-refractivity contribution in [1.29, 1.82) is 0 Å². The number of rotatable bonds is 2. The Morgan fingerprint density at radius 2 is 2.33 bits per heavy atom. The standard InChI is InChI=1S/C14H22N4O3/c1-10-12(17-21-16-10)8-15-13(19)18-7-6-14(20)5-3-2-4-11(14)9-18/h11,20H,2-9H2,1H3,(H,15,19). The lowest BCUT2D eigenvalue weighted by Crippen LogP contribution is -2.56. The zero-order chi connectivity index (χ0) is 14.9. The van der Waals surface area contributed by atoms with Gasteiger partial charge in [0.25, 0.3) is 0 Å². The Balaban J connectivity index is 1.55. The van der Waals surface area contributed by atoms with Crippen LogP contribution in [0.3, 0.4) is 0 Å². The molecule has 2 aliphatic rings. The number of hydrogen-bond acceptors (Lipinski definition) is 5. The summed E-state index contributed by atoms with van der Waals surface area (Å²) >= 11 is 0. The number of fused-ring (bicyclic) bond motifs is 1. The number of carbonyl (C=O) groups excluding carboxylic acids is 1. The third kappa shape index (κ3) is 2.88. The van der Waals surface area contributed by atoms with Gasteiger partial charge in [0.15, 0.2) is 0 Å². The largest absolute Gasteiger partial charge is 0.389 e. The monoisotopic (exact) mass is 294 g/mol. The Bertz CT molecular complexity index is 518. The van der Waals surface area contributed by atoms with Crippen LogP contribution in [0.15, 0.2) is 4.63 Å². The van der Waals surface area contributed by atoms with Crippen molar-refractivity contribution in [3.8, 4) is 0 Å². The number of aliphatic hydroxyl groups is 1. The third-order valence-corrected chi connectivity index (χ3v) is 4.87. The summed E-state index contributed by atoms with van der Waals surface area (Å²) in [5, 5.41) is 20.9. The summed E-state index contributed by atoms with van der Waals surface area (Å²) in [5.74, 6) is 0.209. The van der Waals surface area contributed by atoms with Crippen LogP contribution in [-0.4, -0.2) is 45.0 Å². The Morgan fingerprint density at radius 1 is 1.48 bits per heavy atom. The van der Waals surface area contributed by atoms with E-state index < -0.39 is 5.60 Å². The first-order chi connectivity index (χ1) is 10.1. The highest BCUT2D eigenvalue weighted by Gasteiger charge is 2.43. The summed E-state index contributed by atoms with van der Waals surface area (Å²) in [7, 11) is 0. The smallest absolute Gasteiger partial charge is 0.317 e. The Kier molecular flexibility index (Phi) is 3.84. The average molecular weight is 294 g/mol. The molecule has 2 amide bonds. The van der Waals surface area contributed by atoms with Crippen molar-refractivity contribution < 1.29 is 14.5 Å². The maximum atomic E-state index is 12.2. The van der Waals surface area contributed by atoms with Gasteiger partial charge >= 0.3 is 6.03 Å². The van der Waals surface area contributed by atoms with Gasteiger partial charge in [0, 0.05) is 19.0 Å². The minimum Gasteiger partial charge on any atom is -0.389 e. The normalized spacial score (nSPS) is 29.0. The molecule has 2 heterocycles. The first-order valence-corrected chi connectivity index (χ1v) is 7.62. The summed E-state index contributed by atoms with van der Waals surface area (Å²) in [4.78, 5) is 14.0. The molecule has 2 atom stereocenters. The third-order valence-electron chi connectivity index (χ3n) is 4.87. The molecule has 1 aromatic heterocycles. The van der Waals surface area contributed by atoms with Gasteiger partial charge in [-0.1, -0.05) is 23.2 Å². The Morgan fingerprint density at radius 3 is 3.10 bits per heavy atom. The second-order valence-corrected chi connectivity index (χ2v) is 6.20. The lowest BCUT2D eigenvalue weighted by atomic mass is 9.71. The van der Waals surface area contributed by atoms with Crippen molar-refractivity contribution in [1.82, 2.24) is 20.5 Å². The molecular formula is C14H22N4O3. The van der Waals surface area contributed by atoms with Gasteiger partial charge < -0.3 is 15.3 Å².